The Morgan fingerprint density at radius 3 is 2.16 bits per heavy atom. The van der Waals surface area contributed by atoms with Crippen molar-refractivity contribution in [3.05, 3.63) is 68.7 Å². The minimum atomic E-state index is -4.84. The van der Waals surface area contributed by atoms with E-state index in [4.69, 9.17) is 23.2 Å². The van der Waals surface area contributed by atoms with Crippen LogP contribution in [0.4, 0.5) is 13.2 Å². The van der Waals surface area contributed by atoms with Gasteiger partial charge in [-0.05, 0) is 59.7 Å². The molecule has 1 fully saturated rings. The Morgan fingerprint density at radius 1 is 1.06 bits per heavy atom. The van der Waals surface area contributed by atoms with Crippen molar-refractivity contribution in [3.8, 4) is 0 Å². The molecule has 1 atom stereocenters. The number of hydrogen-bond donors (Lipinski definition) is 1. The second-order valence-electron chi connectivity index (χ2n) is 7.68. The van der Waals surface area contributed by atoms with Crippen LogP contribution in [-0.4, -0.2) is 29.2 Å². The van der Waals surface area contributed by atoms with Crippen LogP contribution in [0.3, 0.4) is 0 Å². The molecule has 2 aromatic carbocycles. The molecule has 1 aliphatic rings. The number of carbonyl (C=O) groups is 2. The van der Waals surface area contributed by atoms with Crippen LogP contribution in [0, 0.1) is 12.8 Å². The quantitative estimate of drug-likeness (QED) is 0.318. The number of alkyl halides is 3. The van der Waals surface area contributed by atoms with Crippen molar-refractivity contribution in [1.29, 1.82) is 0 Å². The molecule has 166 valence electrons. The van der Waals surface area contributed by atoms with Gasteiger partial charge in [-0.2, -0.15) is 37.6 Å². The summed E-state index contributed by atoms with van der Waals surface area (Å²) in [6.07, 6.45) is -5.35. The molecule has 2 nitrogen and oxygen atoms in total. The smallest absolute Gasteiger partial charge is 0.294 e. The van der Waals surface area contributed by atoms with Gasteiger partial charge in [-0.25, -0.2) is 0 Å². The number of ketones is 2. The third-order valence-corrected chi connectivity index (χ3v) is 7.78. The summed E-state index contributed by atoms with van der Waals surface area (Å²) >= 11 is 17.4. The number of benzene rings is 2. The van der Waals surface area contributed by atoms with Gasteiger partial charge in [0.2, 0.25) is 0 Å². The second kappa shape index (κ2) is 9.38. The molecule has 0 saturated carbocycles. The fourth-order valence-corrected chi connectivity index (χ4v) is 5.02. The molecule has 0 amide bonds. The van der Waals surface area contributed by atoms with Crippen molar-refractivity contribution in [2.45, 2.75) is 30.7 Å². The van der Waals surface area contributed by atoms with Gasteiger partial charge < -0.3 is 0 Å². The van der Waals surface area contributed by atoms with E-state index in [0.717, 1.165) is 23.6 Å². The summed E-state index contributed by atoms with van der Waals surface area (Å²) in [7, 11) is 0. The molecule has 31 heavy (non-hydrogen) atoms. The number of halogens is 5. The number of carbonyl (C=O) groups excluding carboxylic acids is 2. The first kappa shape index (κ1) is 24.5. The second-order valence-corrected chi connectivity index (χ2v) is 10.4. The van der Waals surface area contributed by atoms with Crippen LogP contribution in [0.15, 0.2) is 36.4 Å². The lowest BCUT2D eigenvalue weighted by molar-refractivity contribution is -0.160. The highest BCUT2D eigenvalue weighted by Gasteiger charge is 2.54. The van der Waals surface area contributed by atoms with Crippen LogP contribution in [0.5, 0.6) is 0 Å². The van der Waals surface area contributed by atoms with Crippen LogP contribution in [0.2, 0.25) is 10.0 Å². The summed E-state index contributed by atoms with van der Waals surface area (Å²) in [5.74, 6) is 1.50. The van der Waals surface area contributed by atoms with E-state index in [0.29, 0.717) is 23.5 Å². The van der Waals surface area contributed by atoms with E-state index in [1.165, 1.54) is 24.3 Å². The van der Waals surface area contributed by atoms with Crippen molar-refractivity contribution in [3.63, 3.8) is 0 Å². The first-order valence-corrected chi connectivity index (χ1v) is 11.8. The first-order valence-electron chi connectivity index (χ1n) is 9.41. The molecule has 3 rings (SSSR count). The molecule has 1 aliphatic heterocycles. The van der Waals surface area contributed by atoms with Crippen molar-refractivity contribution >= 4 is 59.2 Å². The van der Waals surface area contributed by atoms with Crippen LogP contribution < -0.4 is 0 Å². The molecule has 0 aromatic heterocycles. The molecule has 0 radical (unpaired) electrons. The molecule has 2 aromatic rings. The Hall–Kier alpha value is -1.15. The van der Waals surface area contributed by atoms with E-state index >= 15 is 0 Å². The maximum absolute atomic E-state index is 14.0. The van der Waals surface area contributed by atoms with Gasteiger partial charge in [-0.15, -0.1) is 0 Å². The van der Waals surface area contributed by atoms with Gasteiger partial charge in [0.25, 0.3) is 0 Å². The van der Waals surface area contributed by atoms with E-state index in [1.54, 1.807) is 18.7 Å². The van der Waals surface area contributed by atoms with E-state index in [2.05, 4.69) is 12.6 Å². The Kier molecular flexibility index (Phi) is 7.41. The molecule has 0 spiro atoms. The standard InChI is InChI=1S/C22H19Cl2F3O2S2/c1-12-4-14(2-3-18(12)19(28)5-13-10-31-11-13)20(29)9-21(30,22(25,26)27)15-6-16(23)8-17(24)7-15/h2-4,6-8,13,30H,5,9-11H2,1H3. The maximum Gasteiger partial charge on any atom is 0.407 e. The zero-order chi connectivity index (χ0) is 23.0. The topological polar surface area (TPSA) is 34.1 Å². The summed E-state index contributed by atoms with van der Waals surface area (Å²) in [6.45, 7) is 1.67. The highest BCUT2D eigenvalue weighted by molar-refractivity contribution is 8.00. The van der Waals surface area contributed by atoms with Crippen LogP contribution in [-0.2, 0) is 4.75 Å². The lowest BCUT2D eigenvalue weighted by atomic mass is 9.88. The Labute approximate surface area is 198 Å². The molecule has 1 heterocycles. The average molecular weight is 507 g/mol. The zero-order valence-electron chi connectivity index (χ0n) is 16.4. The van der Waals surface area contributed by atoms with Crippen LogP contribution in [0.1, 0.15) is 44.7 Å². The molecule has 0 N–H and O–H groups in total. The fourth-order valence-electron chi connectivity index (χ4n) is 3.42. The molecular formula is C22H19Cl2F3O2S2. The molecule has 9 heteroatoms. The summed E-state index contributed by atoms with van der Waals surface area (Å²) in [4.78, 5) is 25.3. The summed E-state index contributed by atoms with van der Waals surface area (Å²) in [5, 5.41) is 0.0300. The average Bonchev–Trinajstić information content (AvgIpc) is 2.62. The number of thiol groups is 1. The summed E-state index contributed by atoms with van der Waals surface area (Å²) in [6, 6.07) is 7.88. The van der Waals surface area contributed by atoms with E-state index in [1.807, 2.05) is 0 Å². The van der Waals surface area contributed by atoms with Crippen molar-refractivity contribution < 1.29 is 22.8 Å². The third-order valence-electron chi connectivity index (χ3n) is 5.26. The Bertz CT molecular complexity index is 1000. The van der Waals surface area contributed by atoms with E-state index in [9.17, 15) is 22.8 Å². The maximum atomic E-state index is 14.0. The lowest BCUT2D eigenvalue weighted by Crippen LogP contribution is -2.39. The van der Waals surface area contributed by atoms with Crippen molar-refractivity contribution in [2.24, 2.45) is 5.92 Å². The number of Topliss-reactive ketones (excluding diaryl/α,β-unsaturated/α-hetero) is 2. The SMILES string of the molecule is Cc1cc(C(=O)CC(S)(c2cc(Cl)cc(Cl)c2)C(F)(F)F)ccc1C(=O)CC1CSC1. The number of thioether (sulfide) groups is 1. The van der Waals surface area contributed by atoms with E-state index < -0.39 is 23.1 Å². The van der Waals surface area contributed by atoms with Crippen molar-refractivity contribution in [2.75, 3.05) is 11.5 Å². The molecule has 1 saturated heterocycles. The third kappa shape index (κ3) is 5.44. The predicted molar refractivity (Wildman–Crippen MR) is 123 cm³/mol. The van der Waals surface area contributed by atoms with Gasteiger partial charge in [-0.3, -0.25) is 9.59 Å². The molecule has 0 bridgehead atoms. The van der Waals surface area contributed by atoms with Gasteiger partial charge in [0, 0.05) is 34.0 Å². The number of rotatable bonds is 7. The highest BCUT2D eigenvalue weighted by Crippen LogP contribution is 2.48. The summed E-state index contributed by atoms with van der Waals surface area (Å²) in [5.41, 5.74) is 0.827. The van der Waals surface area contributed by atoms with Crippen LogP contribution in [0.25, 0.3) is 0 Å². The molecular weight excluding hydrogens is 488 g/mol. The predicted octanol–water partition coefficient (Wildman–Crippen LogP) is 7.20. The van der Waals surface area contributed by atoms with Crippen molar-refractivity contribution in [1.82, 2.24) is 0 Å². The zero-order valence-corrected chi connectivity index (χ0v) is 19.7. The minimum Gasteiger partial charge on any atom is -0.294 e. The highest BCUT2D eigenvalue weighted by atomic mass is 35.5. The number of aryl methyl sites for hydroxylation is 1. The minimum absolute atomic E-state index is 0.0150. The molecule has 0 aliphatic carbocycles. The molecule has 1 unspecified atom stereocenters. The summed E-state index contributed by atoms with van der Waals surface area (Å²) < 4.78 is 39.2. The van der Waals surface area contributed by atoms with Gasteiger partial charge in [0.1, 0.15) is 4.75 Å². The Morgan fingerprint density at radius 2 is 1.68 bits per heavy atom. The fraction of sp³-hybridized carbons (Fsp3) is 0.364. The monoisotopic (exact) mass is 506 g/mol. The largest absolute Gasteiger partial charge is 0.407 e. The van der Waals surface area contributed by atoms with Crippen LogP contribution >= 0.6 is 47.6 Å². The van der Waals surface area contributed by atoms with Gasteiger partial charge in [0.05, 0.1) is 0 Å². The lowest BCUT2D eigenvalue weighted by Gasteiger charge is -2.31. The number of hydrogen-bond acceptors (Lipinski definition) is 4. The normalized spacial score (nSPS) is 16.5. The van der Waals surface area contributed by atoms with Gasteiger partial charge in [0.15, 0.2) is 11.6 Å². The van der Waals surface area contributed by atoms with Gasteiger partial charge >= 0.3 is 6.18 Å². The Balaban J connectivity index is 1.86. The van der Waals surface area contributed by atoms with Gasteiger partial charge in [-0.1, -0.05) is 35.3 Å². The van der Waals surface area contributed by atoms with E-state index in [-0.39, 0.29) is 27.0 Å². The first-order chi connectivity index (χ1) is 14.4.